The van der Waals surface area contributed by atoms with Gasteiger partial charge in [0.2, 0.25) is 5.91 Å². The summed E-state index contributed by atoms with van der Waals surface area (Å²) in [5.74, 6) is 1.26. The lowest BCUT2D eigenvalue weighted by molar-refractivity contribution is -0.125. The summed E-state index contributed by atoms with van der Waals surface area (Å²) in [5.41, 5.74) is 0.925. The van der Waals surface area contributed by atoms with E-state index in [1.807, 2.05) is 30.3 Å². The molecule has 0 fully saturated rings. The Morgan fingerprint density at radius 1 is 1.17 bits per heavy atom. The molecule has 23 heavy (non-hydrogen) atoms. The van der Waals surface area contributed by atoms with Crippen LogP contribution < -0.4 is 0 Å². The Hall–Kier alpha value is -1.92. The Bertz CT molecular complexity index is 816. The third kappa shape index (κ3) is 3.89. The molecule has 0 saturated carbocycles. The maximum absolute atomic E-state index is 11.9. The minimum Gasteiger partial charge on any atom is -0.348 e. The molecular formula is C17H17N3OS2. The van der Waals surface area contributed by atoms with Crippen LogP contribution in [0.25, 0.3) is 10.9 Å². The first-order valence-electron chi connectivity index (χ1n) is 7.24. The number of benzene rings is 1. The summed E-state index contributed by atoms with van der Waals surface area (Å²) in [6.45, 7) is 0. The summed E-state index contributed by atoms with van der Waals surface area (Å²) in [7, 11) is 3.53. The molecule has 3 rings (SSSR count). The average molecular weight is 343 g/mol. The van der Waals surface area contributed by atoms with Crippen LogP contribution >= 0.6 is 23.1 Å². The molecule has 1 amide bonds. The molecule has 0 aliphatic heterocycles. The van der Waals surface area contributed by atoms with E-state index in [4.69, 9.17) is 4.98 Å². The van der Waals surface area contributed by atoms with Crippen molar-refractivity contribution in [1.29, 1.82) is 0 Å². The number of aromatic nitrogens is 2. The van der Waals surface area contributed by atoms with Crippen molar-refractivity contribution >= 4 is 39.9 Å². The molecule has 0 aliphatic rings. The van der Waals surface area contributed by atoms with E-state index in [1.54, 1.807) is 30.3 Å². The molecular weight excluding hydrogens is 326 g/mol. The van der Waals surface area contributed by atoms with Gasteiger partial charge in [0, 0.05) is 30.8 Å². The summed E-state index contributed by atoms with van der Waals surface area (Å²) in [6.07, 6.45) is 0.720. The topological polar surface area (TPSA) is 46.1 Å². The highest BCUT2D eigenvalue weighted by atomic mass is 32.2. The van der Waals surface area contributed by atoms with Crippen LogP contribution in [0.2, 0.25) is 0 Å². The zero-order chi connectivity index (χ0) is 16.2. The van der Waals surface area contributed by atoms with E-state index in [9.17, 15) is 4.79 Å². The fraction of sp³-hybridized carbons (Fsp3) is 0.235. The Kier molecular flexibility index (Phi) is 4.93. The first-order valence-corrected chi connectivity index (χ1v) is 9.11. The summed E-state index contributed by atoms with van der Waals surface area (Å²) in [6, 6.07) is 12.1. The molecule has 0 radical (unpaired) electrons. The summed E-state index contributed by atoms with van der Waals surface area (Å²) < 4.78 is 0. The lowest BCUT2D eigenvalue weighted by Gasteiger charge is -2.11. The highest BCUT2D eigenvalue weighted by Gasteiger charge is 2.12. The number of para-hydroxylation sites is 1. The molecule has 0 saturated heterocycles. The fourth-order valence-electron chi connectivity index (χ4n) is 2.11. The van der Waals surface area contributed by atoms with Crippen LogP contribution in [-0.4, -0.2) is 40.6 Å². The SMILES string of the molecule is CN(C)C(=O)CSc1nc(Cc2cccs2)nc2ccccc12. The smallest absolute Gasteiger partial charge is 0.232 e. The van der Waals surface area contributed by atoms with E-state index < -0.39 is 0 Å². The van der Waals surface area contributed by atoms with E-state index in [2.05, 4.69) is 16.4 Å². The second-order valence-electron chi connectivity index (χ2n) is 5.30. The standard InChI is InChI=1S/C17H17N3OS2/c1-20(2)16(21)11-23-17-13-7-3-4-8-14(13)18-15(19-17)10-12-6-5-9-22-12/h3-9H,10-11H2,1-2H3. The van der Waals surface area contributed by atoms with Gasteiger partial charge < -0.3 is 4.90 Å². The maximum atomic E-state index is 11.9. The number of fused-ring (bicyclic) bond motifs is 1. The number of nitrogens with zero attached hydrogens (tertiary/aromatic N) is 3. The zero-order valence-electron chi connectivity index (χ0n) is 13.0. The second kappa shape index (κ2) is 7.10. The molecule has 1 aromatic carbocycles. The molecule has 0 spiro atoms. The predicted octanol–water partition coefficient (Wildman–Crippen LogP) is 3.46. The first-order chi connectivity index (χ1) is 11.1. The van der Waals surface area contributed by atoms with Gasteiger partial charge in [-0.2, -0.15) is 0 Å². The van der Waals surface area contributed by atoms with E-state index in [1.165, 1.54) is 16.6 Å². The molecule has 0 bridgehead atoms. The van der Waals surface area contributed by atoms with Gasteiger partial charge in [-0.25, -0.2) is 9.97 Å². The molecule has 2 heterocycles. The van der Waals surface area contributed by atoms with Crippen LogP contribution in [-0.2, 0) is 11.2 Å². The highest BCUT2D eigenvalue weighted by Crippen LogP contribution is 2.26. The van der Waals surface area contributed by atoms with Crippen molar-refractivity contribution in [2.75, 3.05) is 19.8 Å². The maximum Gasteiger partial charge on any atom is 0.232 e. The zero-order valence-corrected chi connectivity index (χ0v) is 14.7. The largest absolute Gasteiger partial charge is 0.348 e. The molecule has 0 atom stereocenters. The van der Waals surface area contributed by atoms with Crippen LogP contribution in [0.15, 0.2) is 46.8 Å². The summed E-state index contributed by atoms with van der Waals surface area (Å²) in [4.78, 5) is 24.0. The van der Waals surface area contributed by atoms with E-state index in [-0.39, 0.29) is 5.91 Å². The molecule has 0 aliphatic carbocycles. The van der Waals surface area contributed by atoms with Crippen LogP contribution in [0.4, 0.5) is 0 Å². The molecule has 6 heteroatoms. The number of thioether (sulfide) groups is 1. The average Bonchev–Trinajstić information content (AvgIpc) is 3.05. The van der Waals surface area contributed by atoms with Crippen LogP contribution in [0.5, 0.6) is 0 Å². The van der Waals surface area contributed by atoms with Gasteiger partial charge in [0.15, 0.2) is 0 Å². The van der Waals surface area contributed by atoms with E-state index >= 15 is 0 Å². The lowest BCUT2D eigenvalue weighted by atomic mass is 10.2. The molecule has 3 aromatic rings. The Labute approximate surface area is 143 Å². The minimum atomic E-state index is 0.0810. The van der Waals surface area contributed by atoms with Crippen LogP contribution in [0, 0.1) is 0 Å². The van der Waals surface area contributed by atoms with Crippen molar-refractivity contribution < 1.29 is 4.79 Å². The van der Waals surface area contributed by atoms with Crippen molar-refractivity contribution in [3.05, 3.63) is 52.5 Å². The van der Waals surface area contributed by atoms with Crippen molar-refractivity contribution in [2.45, 2.75) is 11.4 Å². The fourth-order valence-corrected chi connectivity index (χ4v) is 3.83. The van der Waals surface area contributed by atoms with Gasteiger partial charge in [-0.05, 0) is 17.5 Å². The third-order valence-corrected chi connectivity index (χ3v) is 5.21. The number of thiophene rings is 1. The minimum absolute atomic E-state index is 0.0810. The van der Waals surface area contributed by atoms with Gasteiger partial charge >= 0.3 is 0 Å². The number of hydrogen-bond acceptors (Lipinski definition) is 5. The van der Waals surface area contributed by atoms with Crippen molar-refractivity contribution in [3.63, 3.8) is 0 Å². The summed E-state index contributed by atoms with van der Waals surface area (Å²) in [5, 5.41) is 3.93. The number of carbonyl (C=O) groups excluding carboxylic acids is 1. The first kappa shape index (κ1) is 16.0. The number of amides is 1. The van der Waals surface area contributed by atoms with Gasteiger partial charge in [-0.3, -0.25) is 4.79 Å². The van der Waals surface area contributed by atoms with Crippen molar-refractivity contribution in [2.24, 2.45) is 0 Å². The molecule has 4 nitrogen and oxygen atoms in total. The number of rotatable bonds is 5. The predicted molar refractivity (Wildman–Crippen MR) is 96.1 cm³/mol. The van der Waals surface area contributed by atoms with Crippen molar-refractivity contribution in [3.8, 4) is 0 Å². The van der Waals surface area contributed by atoms with Gasteiger partial charge in [-0.15, -0.1) is 11.3 Å². The summed E-state index contributed by atoms with van der Waals surface area (Å²) >= 11 is 3.18. The quantitative estimate of drug-likeness (QED) is 0.526. The van der Waals surface area contributed by atoms with Gasteiger partial charge in [-0.1, -0.05) is 36.0 Å². The normalized spacial score (nSPS) is 10.9. The molecule has 0 unspecified atom stereocenters. The van der Waals surface area contributed by atoms with Gasteiger partial charge in [0.1, 0.15) is 10.9 Å². The molecule has 118 valence electrons. The molecule has 2 aromatic heterocycles. The van der Waals surface area contributed by atoms with Gasteiger partial charge in [0.25, 0.3) is 0 Å². The van der Waals surface area contributed by atoms with Gasteiger partial charge in [0.05, 0.1) is 11.3 Å². The van der Waals surface area contributed by atoms with E-state index in [0.29, 0.717) is 5.75 Å². The Balaban J connectivity index is 1.92. The molecule has 0 N–H and O–H groups in total. The second-order valence-corrected chi connectivity index (χ2v) is 7.29. The number of hydrogen-bond donors (Lipinski definition) is 0. The monoisotopic (exact) mass is 343 g/mol. The van der Waals surface area contributed by atoms with E-state index in [0.717, 1.165) is 28.2 Å². The Morgan fingerprint density at radius 3 is 2.74 bits per heavy atom. The Morgan fingerprint density at radius 2 is 2.00 bits per heavy atom. The van der Waals surface area contributed by atoms with Crippen LogP contribution in [0.3, 0.4) is 0 Å². The number of carbonyl (C=O) groups is 1. The highest BCUT2D eigenvalue weighted by molar-refractivity contribution is 8.00. The van der Waals surface area contributed by atoms with Crippen molar-refractivity contribution in [1.82, 2.24) is 14.9 Å². The lowest BCUT2D eigenvalue weighted by Crippen LogP contribution is -2.23. The third-order valence-electron chi connectivity index (χ3n) is 3.36. The van der Waals surface area contributed by atoms with Crippen LogP contribution in [0.1, 0.15) is 10.7 Å².